The van der Waals surface area contributed by atoms with Crippen LogP contribution in [0.1, 0.15) is 22.5 Å². The predicted molar refractivity (Wildman–Crippen MR) is 109 cm³/mol. The number of hydrogen-bond donors (Lipinski definition) is 0. The van der Waals surface area contributed by atoms with Gasteiger partial charge in [-0.3, -0.25) is 0 Å². The zero-order valence-electron chi connectivity index (χ0n) is 17.0. The van der Waals surface area contributed by atoms with Crippen LogP contribution in [0.3, 0.4) is 0 Å². The van der Waals surface area contributed by atoms with Gasteiger partial charge in [-0.2, -0.15) is 18.2 Å². The van der Waals surface area contributed by atoms with Crippen LogP contribution in [0.4, 0.5) is 13.2 Å². The number of aryl methyl sites for hydroxylation is 2. The Kier molecular flexibility index (Phi) is 5.41. The molecule has 32 heavy (non-hydrogen) atoms. The van der Waals surface area contributed by atoms with Crippen molar-refractivity contribution < 1.29 is 30.5 Å². The number of alkyl halides is 3. The van der Waals surface area contributed by atoms with Crippen LogP contribution in [0.25, 0.3) is 23.0 Å². The van der Waals surface area contributed by atoms with Gasteiger partial charge in [0.25, 0.3) is 5.89 Å². The second-order valence-electron chi connectivity index (χ2n) is 7.30. The number of nitrogens with zero attached hydrogens (tertiary/aromatic N) is 2. The maximum absolute atomic E-state index is 12.9. The average molecular weight is 462 g/mol. The first-order valence-electron chi connectivity index (χ1n) is 9.43. The minimum absolute atomic E-state index is 0.0491. The van der Waals surface area contributed by atoms with Crippen molar-refractivity contribution in [3.63, 3.8) is 0 Å². The molecule has 2 aromatic carbocycles. The van der Waals surface area contributed by atoms with E-state index >= 15 is 0 Å². The molecular formula is C22H17F3N2O4S. The first kappa shape index (κ1) is 21.8. The summed E-state index contributed by atoms with van der Waals surface area (Å²) in [5, 5.41) is 3.71. The lowest BCUT2D eigenvalue weighted by molar-refractivity contribution is -0.137. The summed E-state index contributed by atoms with van der Waals surface area (Å²) in [4.78, 5) is 4.29. The average Bonchev–Trinajstić information content (AvgIpc) is 3.36. The quantitative estimate of drug-likeness (QED) is 0.383. The van der Waals surface area contributed by atoms with Crippen molar-refractivity contribution in [1.29, 1.82) is 0 Å². The molecule has 2 aromatic heterocycles. The molecule has 0 aliphatic carbocycles. The molecule has 0 atom stereocenters. The monoisotopic (exact) mass is 462 g/mol. The normalized spacial score (nSPS) is 12.3. The zero-order valence-corrected chi connectivity index (χ0v) is 17.8. The Morgan fingerprint density at radius 3 is 2.50 bits per heavy atom. The van der Waals surface area contributed by atoms with E-state index in [-0.39, 0.29) is 39.4 Å². The molecule has 0 fully saturated rings. The third-order valence-corrected chi connectivity index (χ3v) is 6.54. The lowest BCUT2D eigenvalue weighted by atomic mass is 10.1. The van der Waals surface area contributed by atoms with Crippen molar-refractivity contribution in [1.82, 2.24) is 10.1 Å². The lowest BCUT2D eigenvalue weighted by Gasteiger charge is -2.07. The Hall–Kier alpha value is -3.40. The molecule has 0 bridgehead atoms. The highest BCUT2D eigenvalue weighted by atomic mass is 32.2. The Bertz CT molecular complexity index is 1390. The highest BCUT2D eigenvalue weighted by molar-refractivity contribution is 7.90. The summed E-state index contributed by atoms with van der Waals surface area (Å²) >= 11 is 0. The van der Waals surface area contributed by atoms with Crippen molar-refractivity contribution in [3.05, 3.63) is 77.0 Å². The summed E-state index contributed by atoms with van der Waals surface area (Å²) in [7, 11) is -3.65. The van der Waals surface area contributed by atoms with Crippen molar-refractivity contribution in [2.75, 3.05) is 0 Å². The summed E-state index contributed by atoms with van der Waals surface area (Å²) in [5.41, 5.74) is 0.881. The van der Waals surface area contributed by atoms with Crippen molar-refractivity contribution in [2.24, 2.45) is 0 Å². The molecule has 0 unspecified atom stereocenters. The van der Waals surface area contributed by atoms with Crippen LogP contribution < -0.4 is 0 Å². The molecule has 0 saturated heterocycles. The highest BCUT2D eigenvalue weighted by Crippen LogP contribution is 2.32. The van der Waals surface area contributed by atoms with Gasteiger partial charge in [-0.15, -0.1) is 0 Å². The number of hydrogen-bond acceptors (Lipinski definition) is 6. The maximum Gasteiger partial charge on any atom is 0.416 e. The van der Waals surface area contributed by atoms with Gasteiger partial charge < -0.3 is 8.94 Å². The van der Waals surface area contributed by atoms with Crippen LogP contribution >= 0.6 is 0 Å². The van der Waals surface area contributed by atoms with E-state index in [4.69, 9.17) is 8.94 Å². The van der Waals surface area contributed by atoms with E-state index in [2.05, 4.69) is 10.1 Å². The molecule has 0 saturated carbocycles. The molecule has 4 aromatic rings. The lowest BCUT2D eigenvalue weighted by Crippen LogP contribution is -2.06. The smallest absolute Gasteiger partial charge is 0.416 e. The van der Waals surface area contributed by atoms with Crippen molar-refractivity contribution in [3.8, 4) is 23.0 Å². The fourth-order valence-corrected chi connectivity index (χ4v) is 4.77. The molecule has 0 amide bonds. The van der Waals surface area contributed by atoms with Crippen molar-refractivity contribution >= 4 is 9.84 Å². The van der Waals surface area contributed by atoms with Crippen LogP contribution in [0.2, 0.25) is 0 Å². The van der Waals surface area contributed by atoms with Gasteiger partial charge in [0.15, 0.2) is 15.6 Å². The van der Waals surface area contributed by atoms with E-state index in [0.717, 1.165) is 17.7 Å². The van der Waals surface area contributed by atoms with E-state index in [9.17, 15) is 21.6 Å². The minimum Gasteiger partial charge on any atom is -0.455 e. The van der Waals surface area contributed by atoms with Gasteiger partial charge >= 0.3 is 6.18 Å². The van der Waals surface area contributed by atoms with E-state index < -0.39 is 21.6 Å². The van der Waals surface area contributed by atoms with Gasteiger partial charge in [-0.05, 0) is 49.7 Å². The third-order valence-electron chi connectivity index (χ3n) is 4.74. The Morgan fingerprint density at radius 1 is 1.00 bits per heavy atom. The number of benzene rings is 2. The molecule has 0 spiro atoms. The van der Waals surface area contributed by atoms with E-state index in [1.54, 1.807) is 25.1 Å². The number of aromatic nitrogens is 2. The fraction of sp³-hybridized carbons (Fsp3) is 0.182. The van der Waals surface area contributed by atoms with Gasteiger partial charge in [-0.1, -0.05) is 35.0 Å². The number of furan rings is 1. The zero-order chi connectivity index (χ0) is 23.1. The molecule has 0 aliphatic heterocycles. The first-order valence-corrected chi connectivity index (χ1v) is 11.1. The fourth-order valence-electron chi connectivity index (χ4n) is 3.26. The van der Waals surface area contributed by atoms with Crippen LogP contribution in [-0.4, -0.2) is 18.6 Å². The topological polar surface area (TPSA) is 86.2 Å². The Balaban J connectivity index is 1.57. The van der Waals surface area contributed by atoms with E-state index in [1.807, 2.05) is 6.92 Å². The number of sulfone groups is 1. The molecule has 2 heterocycles. The van der Waals surface area contributed by atoms with Gasteiger partial charge in [-0.25, -0.2) is 8.42 Å². The van der Waals surface area contributed by atoms with Gasteiger partial charge in [0.1, 0.15) is 11.5 Å². The second-order valence-corrected chi connectivity index (χ2v) is 9.25. The number of halogens is 3. The Morgan fingerprint density at radius 2 is 1.78 bits per heavy atom. The Labute approximate surface area is 181 Å². The van der Waals surface area contributed by atoms with Gasteiger partial charge in [0.05, 0.1) is 10.5 Å². The summed E-state index contributed by atoms with van der Waals surface area (Å²) < 4.78 is 75.0. The van der Waals surface area contributed by atoms with Crippen LogP contribution in [0.15, 0.2) is 68.4 Å². The molecule has 0 aliphatic rings. The minimum atomic E-state index is -4.50. The van der Waals surface area contributed by atoms with Crippen LogP contribution in [0.5, 0.6) is 0 Å². The predicted octanol–water partition coefficient (Wildman–Crippen LogP) is 5.61. The summed E-state index contributed by atoms with van der Waals surface area (Å²) in [6.45, 7) is 3.60. The first-order chi connectivity index (χ1) is 15.0. The molecule has 0 N–H and O–H groups in total. The molecule has 4 rings (SSSR count). The van der Waals surface area contributed by atoms with E-state index in [0.29, 0.717) is 5.56 Å². The summed E-state index contributed by atoms with van der Waals surface area (Å²) in [6.07, 6.45) is -4.50. The van der Waals surface area contributed by atoms with Gasteiger partial charge in [0, 0.05) is 5.56 Å². The number of rotatable bonds is 5. The van der Waals surface area contributed by atoms with Crippen LogP contribution in [-0.2, 0) is 21.8 Å². The largest absolute Gasteiger partial charge is 0.455 e. The molecule has 0 radical (unpaired) electrons. The molecule has 166 valence electrons. The summed E-state index contributed by atoms with van der Waals surface area (Å²) in [5.74, 6) is -0.217. The molecular weight excluding hydrogens is 445 g/mol. The highest BCUT2D eigenvalue weighted by Gasteiger charge is 2.31. The SMILES string of the molecule is Cc1ccc(S(=O)(=O)Cc2ccc(-c3nc(-c4cccc(C(F)(F)F)c4)no3)o2)c(C)c1. The second kappa shape index (κ2) is 7.94. The molecule has 6 nitrogen and oxygen atoms in total. The summed E-state index contributed by atoms with van der Waals surface area (Å²) in [6, 6.07) is 12.5. The molecule has 10 heteroatoms. The van der Waals surface area contributed by atoms with Crippen molar-refractivity contribution in [2.45, 2.75) is 30.7 Å². The standard InChI is InChI=1S/C22H17F3N2O4S/c1-13-6-9-19(14(2)10-13)32(28,29)12-17-7-8-18(30-17)21-26-20(27-31-21)15-4-3-5-16(11-15)22(23,24)25/h3-11H,12H2,1-2H3. The maximum atomic E-state index is 12.9. The van der Waals surface area contributed by atoms with E-state index in [1.165, 1.54) is 24.3 Å². The van der Waals surface area contributed by atoms with Crippen LogP contribution in [0, 0.1) is 13.8 Å². The third kappa shape index (κ3) is 4.45. The van der Waals surface area contributed by atoms with Gasteiger partial charge in [0.2, 0.25) is 5.82 Å².